The Morgan fingerprint density at radius 1 is 1.27 bits per heavy atom. The van der Waals surface area contributed by atoms with Gasteiger partial charge in [-0.3, -0.25) is 9.32 Å². The molecule has 9 nitrogen and oxygen atoms in total. The van der Waals surface area contributed by atoms with E-state index in [0.29, 0.717) is 26.2 Å². The number of hydrogen-bond donors (Lipinski definition) is 1. The molecule has 1 aliphatic rings. The van der Waals surface area contributed by atoms with Gasteiger partial charge in [-0.15, -0.1) is 5.01 Å². The first-order valence-corrected chi connectivity index (χ1v) is 8.79. The summed E-state index contributed by atoms with van der Waals surface area (Å²) >= 11 is 0. The van der Waals surface area contributed by atoms with Crippen LogP contribution >= 0.6 is 0 Å². The van der Waals surface area contributed by atoms with Crippen LogP contribution in [0.2, 0.25) is 0 Å². The summed E-state index contributed by atoms with van der Waals surface area (Å²) < 4.78 is 29.4. The molecule has 1 saturated heterocycles. The van der Waals surface area contributed by atoms with Crippen molar-refractivity contribution in [1.82, 2.24) is 9.58 Å². The SMILES string of the molecule is CC(C)(C)C(=O)c1c(N)on[n+]1N1CCN(S(C)(=O)=O)CC1. The van der Waals surface area contributed by atoms with E-state index in [1.165, 1.54) is 15.4 Å². The molecule has 2 N–H and O–H groups in total. The molecule has 1 aromatic heterocycles. The van der Waals surface area contributed by atoms with Gasteiger partial charge >= 0.3 is 11.6 Å². The van der Waals surface area contributed by atoms with Crippen LogP contribution in [0.3, 0.4) is 0 Å². The minimum absolute atomic E-state index is 0.0366. The highest BCUT2D eigenvalue weighted by Crippen LogP contribution is 2.22. The van der Waals surface area contributed by atoms with Crippen LogP contribution in [-0.2, 0) is 10.0 Å². The minimum atomic E-state index is -3.21. The number of Topliss-reactive ketones (excluding diaryl/α,β-unsaturated/α-hetero) is 1. The van der Waals surface area contributed by atoms with Gasteiger partial charge in [0, 0.05) is 18.5 Å². The molecule has 0 saturated carbocycles. The number of carbonyl (C=O) groups excluding carboxylic acids is 1. The van der Waals surface area contributed by atoms with Crippen LogP contribution in [0.5, 0.6) is 0 Å². The fraction of sp³-hybridized carbons (Fsp3) is 0.750. The monoisotopic (exact) mass is 332 g/mol. The standard InChI is InChI=1S/C12H21N5O4S/c1-12(2,3)10(18)9-11(13)21-14-17(9)15-5-7-16(8-6-15)22(4,19)20/h5-8H2,1-4H3,(H-,13,14,18)/p+1. The van der Waals surface area contributed by atoms with Gasteiger partial charge in [-0.25, -0.2) is 8.42 Å². The molecule has 124 valence electrons. The molecular formula is C12H22N5O4S+. The lowest BCUT2D eigenvalue weighted by atomic mass is 9.89. The molecule has 1 fully saturated rings. The van der Waals surface area contributed by atoms with E-state index in [-0.39, 0.29) is 17.4 Å². The Morgan fingerprint density at radius 2 is 1.82 bits per heavy atom. The lowest BCUT2D eigenvalue weighted by molar-refractivity contribution is -0.760. The van der Waals surface area contributed by atoms with Crippen LogP contribution in [0.25, 0.3) is 0 Å². The lowest BCUT2D eigenvalue weighted by Crippen LogP contribution is -2.68. The van der Waals surface area contributed by atoms with Gasteiger partial charge in [0.2, 0.25) is 21.1 Å². The number of nitrogens with zero attached hydrogens (tertiary/aromatic N) is 4. The normalized spacial score (nSPS) is 17.7. The van der Waals surface area contributed by atoms with Crippen molar-refractivity contribution in [2.45, 2.75) is 20.8 Å². The molecule has 1 aromatic rings. The van der Waals surface area contributed by atoms with E-state index >= 15 is 0 Å². The summed E-state index contributed by atoms with van der Waals surface area (Å²) in [6.45, 7) is 6.79. The third kappa shape index (κ3) is 3.22. The average molecular weight is 332 g/mol. The van der Waals surface area contributed by atoms with Crippen molar-refractivity contribution < 1.29 is 22.5 Å². The number of carbonyl (C=O) groups is 1. The zero-order valence-corrected chi connectivity index (χ0v) is 14.1. The predicted octanol–water partition coefficient (Wildman–Crippen LogP) is -1.01. The zero-order valence-electron chi connectivity index (χ0n) is 13.2. The fourth-order valence-corrected chi connectivity index (χ4v) is 3.04. The van der Waals surface area contributed by atoms with Crippen LogP contribution < -0.4 is 15.5 Å². The summed E-state index contributed by atoms with van der Waals surface area (Å²) in [5, 5.41) is 5.57. The van der Waals surface area contributed by atoms with Crippen molar-refractivity contribution in [3.05, 3.63) is 5.69 Å². The Bertz CT molecular complexity index is 668. The van der Waals surface area contributed by atoms with E-state index in [4.69, 9.17) is 10.3 Å². The van der Waals surface area contributed by atoms with E-state index in [1.807, 2.05) is 0 Å². The molecule has 2 heterocycles. The fourth-order valence-electron chi connectivity index (χ4n) is 2.21. The summed E-state index contributed by atoms with van der Waals surface area (Å²) in [7, 11) is -3.21. The summed E-state index contributed by atoms with van der Waals surface area (Å²) in [4.78, 5) is 13.9. The molecule has 0 radical (unpaired) electrons. The van der Waals surface area contributed by atoms with Gasteiger partial charge in [-0.2, -0.15) is 4.31 Å². The molecular weight excluding hydrogens is 310 g/mol. The predicted molar refractivity (Wildman–Crippen MR) is 79.3 cm³/mol. The lowest BCUT2D eigenvalue weighted by Gasteiger charge is -2.28. The molecule has 10 heteroatoms. The second-order valence-corrected chi connectivity index (χ2v) is 8.35. The second kappa shape index (κ2) is 5.51. The van der Waals surface area contributed by atoms with E-state index in [1.54, 1.807) is 25.8 Å². The molecule has 0 spiro atoms. The Kier molecular flexibility index (Phi) is 4.18. The molecule has 1 aliphatic heterocycles. The third-order valence-electron chi connectivity index (χ3n) is 3.50. The summed E-state index contributed by atoms with van der Waals surface area (Å²) in [6, 6.07) is 0. The average Bonchev–Trinajstić information content (AvgIpc) is 2.77. The minimum Gasteiger partial charge on any atom is -0.361 e. The van der Waals surface area contributed by atoms with Gasteiger partial charge in [0.15, 0.2) is 0 Å². The topological polar surface area (TPSA) is 114 Å². The Balaban J connectivity index is 2.24. The van der Waals surface area contributed by atoms with E-state index in [2.05, 4.69) is 5.27 Å². The Hall–Kier alpha value is -1.68. The van der Waals surface area contributed by atoms with Gasteiger partial charge in [0.1, 0.15) is 0 Å². The third-order valence-corrected chi connectivity index (χ3v) is 4.80. The van der Waals surface area contributed by atoms with Gasteiger partial charge in [-0.05, 0) is 0 Å². The maximum absolute atomic E-state index is 12.5. The quantitative estimate of drug-likeness (QED) is 0.557. The molecule has 2 rings (SSSR count). The van der Waals surface area contributed by atoms with Gasteiger partial charge in [0.05, 0.1) is 24.1 Å². The van der Waals surface area contributed by atoms with Gasteiger partial charge < -0.3 is 5.73 Å². The van der Waals surface area contributed by atoms with Gasteiger partial charge in [0.25, 0.3) is 0 Å². The summed E-state index contributed by atoms with van der Waals surface area (Å²) in [5.41, 5.74) is 5.30. The largest absolute Gasteiger partial charge is 0.374 e. The molecule has 0 amide bonds. The van der Waals surface area contributed by atoms with Gasteiger partial charge in [-0.1, -0.05) is 20.8 Å². The molecule has 0 aromatic carbocycles. The van der Waals surface area contributed by atoms with Crippen LogP contribution in [0.1, 0.15) is 31.3 Å². The number of ketones is 1. The van der Waals surface area contributed by atoms with E-state index in [9.17, 15) is 13.2 Å². The summed E-state index contributed by atoms with van der Waals surface area (Å²) in [5.74, 6) is -0.220. The van der Waals surface area contributed by atoms with E-state index in [0.717, 1.165) is 0 Å². The molecule has 0 atom stereocenters. The first-order valence-electron chi connectivity index (χ1n) is 6.94. The van der Waals surface area contributed by atoms with E-state index < -0.39 is 15.4 Å². The van der Waals surface area contributed by atoms with Crippen molar-refractivity contribution in [2.24, 2.45) is 5.41 Å². The van der Waals surface area contributed by atoms with Crippen molar-refractivity contribution in [3.63, 3.8) is 0 Å². The highest BCUT2D eigenvalue weighted by Gasteiger charge is 2.41. The second-order valence-electron chi connectivity index (χ2n) is 6.37. The summed E-state index contributed by atoms with van der Waals surface area (Å²) in [6.07, 6.45) is 1.18. The molecule has 0 aliphatic carbocycles. The van der Waals surface area contributed by atoms with Crippen LogP contribution in [0.15, 0.2) is 4.52 Å². The smallest absolute Gasteiger partial charge is 0.361 e. The number of piperazine rings is 1. The number of anilines is 1. The maximum atomic E-state index is 12.5. The number of hydrogen-bond acceptors (Lipinski definition) is 7. The van der Waals surface area contributed by atoms with Crippen molar-refractivity contribution >= 4 is 21.7 Å². The first kappa shape index (κ1) is 16.7. The van der Waals surface area contributed by atoms with Crippen molar-refractivity contribution in [1.29, 1.82) is 0 Å². The highest BCUT2D eigenvalue weighted by atomic mass is 32.2. The molecule has 22 heavy (non-hydrogen) atoms. The van der Waals surface area contributed by atoms with Crippen LogP contribution in [-0.4, -0.2) is 56.2 Å². The number of rotatable bonds is 3. The molecule has 0 unspecified atom stereocenters. The van der Waals surface area contributed by atoms with Crippen molar-refractivity contribution in [2.75, 3.05) is 43.2 Å². The zero-order chi connectivity index (χ0) is 16.7. The number of sulfonamides is 1. The highest BCUT2D eigenvalue weighted by molar-refractivity contribution is 7.88. The number of nitrogens with two attached hydrogens (primary N) is 1. The van der Waals surface area contributed by atoms with Crippen LogP contribution in [0, 0.1) is 5.41 Å². The Morgan fingerprint density at radius 3 is 2.27 bits per heavy atom. The number of nitrogen functional groups attached to an aromatic ring is 1. The maximum Gasteiger partial charge on any atom is 0.374 e. The molecule has 0 bridgehead atoms. The Labute approximate surface area is 129 Å². The number of aromatic nitrogens is 2. The first-order chi connectivity index (χ1) is 10.0. The van der Waals surface area contributed by atoms with Crippen LogP contribution in [0.4, 0.5) is 5.88 Å². The van der Waals surface area contributed by atoms with Crippen molar-refractivity contribution in [3.8, 4) is 0 Å².